The van der Waals surface area contributed by atoms with Gasteiger partial charge in [0.1, 0.15) is 11.5 Å². The monoisotopic (exact) mass is 449 g/mol. The molecule has 0 bridgehead atoms. The SMILES string of the molecule is COc1cc(OC)c(Cl)c(-c2cc3cnc(N[C@@H]4COCC[C@@H]4N)nc3cn2)c1Cl. The van der Waals surface area contributed by atoms with Gasteiger partial charge in [-0.15, -0.1) is 0 Å². The van der Waals surface area contributed by atoms with Crippen molar-refractivity contribution >= 4 is 40.1 Å². The molecular weight excluding hydrogens is 429 g/mol. The predicted molar refractivity (Wildman–Crippen MR) is 117 cm³/mol. The third-order valence-electron chi connectivity index (χ3n) is 5.02. The van der Waals surface area contributed by atoms with Crippen molar-refractivity contribution in [3.05, 3.63) is 34.6 Å². The van der Waals surface area contributed by atoms with Crippen molar-refractivity contribution in [1.82, 2.24) is 15.0 Å². The van der Waals surface area contributed by atoms with Crippen LogP contribution in [0.1, 0.15) is 6.42 Å². The number of halogens is 2. The van der Waals surface area contributed by atoms with E-state index in [1.54, 1.807) is 18.5 Å². The molecule has 1 fully saturated rings. The van der Waals surface area contributed by atoms with Gasteiger partial charge in [0.25, 0.3) is 0 Å². The molecular formula is C20H21Cl2N5O3. The Hall–Kier alpha value is -2.39. The minimum Gasteiger partial charge on any atom is -0.495 e. The largest absolute Gasteiger partial charge is 0.495 e. The van der Waals surface area contributed by atoms with Crippen LogP contribution in [-0.2, 0) is 4.74 Å². The van der Waals surface area contributed by atoms with Crippen molar-refractivity contribution in [2.45, 2.75) is 18.5 Å². The summed E-state index contributed by atoms with van der Waals surface area (Å²) >= 11 is 13.0. The summed E-state index contributed by atoms with van der Waals surface area (Å²) in [6, 6.07) is 3.41. The Morgan fingerprint density at radius 3 is 2.50 bits per heavy atom. The van der Waals surface area contributed by atoms with Gasteiger partial charge in [-0.05, 0) is 12.5 Å². The van der Waals surface area contributed by atoms with Crippen LogP contribution in [0.3, 0.4) is 0 Å². The third-order valence-corrected chi connectivity index (χ3v) is 5.77. The van der Waals surface area contributed by atoms with Crippen LogP contribution in [0.4, 0.5) is 5.95 Å². The molecule has 10 heteroatoms. The number of methoxy groups -OCH3 is 2. The lowest BCUT2D eigenvalue weighted by Crippen LogP contribution is -2.47. The molecule has 1 aliphatic rings. The number of hydrogen-bond acceptors (Lipinski definition) is 8. The summed E-state index contributed by atoms with van der Waals surface area (Å²) in [5.41, 5.74) is 7.89. The number of anilines is 1. The zero-order valence-electron chi connectivity index (χ0n) is 16.5. The highest BCUT2D eigenvalue weighted by atomic mass is 35.5. The van der Waals surface area contributed by atoms with E-state index in [1.807, 2.05) is 6.07 Å². The maximum Gasteiger partial charge on any atom is 0.223 e. The predicted octanol–water partition coefficient (Wildman–Crippen LogP) is 3.54. The Kier molecular flexibility index (Phi) is 6.10. The van der Waals surface area contributed by atoms with Crippen molar-refractivity contribution in [1.29, 1.82) is 0 Å². The number of pyridine rings is 1. The number of nitrogens with one attached hydrogen (secondary N) is 1. The maximum absolute atomic E-state index is 6.51. The molecule has 2 atom stereocenters. The fourth-order valence-electron chi connectivity index (χ4n) is 3.32. The molecule has 8 nitrogen and oxygen atoms in total. The van der Waals surface area contributed by atoms with Crippen molar-refractivity contribution in [3.63, 3.8) is 0 Å². The average Bonchev–Trinajstić information content (AvgIpc) is 2.76. The number of nitrogens with two attached hydrogens (primary N) is 1. The van der Waals surface area contributed by atoms with Crippen molar-refractivity contribution in [2.75, 3.05) is 32.8 Å². The second-order valence-electron chi connectivity index (χ2n) is 6.88. The lowest BCUT2D eigenvalue weighted by molar-refractivity contribution is 0.0766. The summed E-state index contributed by atoms with van der Waals surface area (Å²) < 4.78 is 16.2. The van der Waals surface area contributed by atoms with Gasteiger partial charge in [-0.25, -0.2) is 9.97 Å². The number of hydrogen-bond donors (Lipinski definition) is 2. The fourth-order valence-corrected chi connectivity index (χ4v) is 4.01. The molecule has 4 rings (SSSR count). The Morgan fingerprint density at radius 1 is 1.10 bits per heavy atom. The van der Waals surface area contributed by atoms with E-state index in [9.17, 15) is 0 Å². The summed E-state index contributed by atoms with van der Waals surface area (Å²) in [5.74, 6) is 1.36. The zero-order valence-corrected chi connectivity index (χ0v) is 18.0. The van der Waals surface area contributed by atoms with Crippen LogP contribution in [0.15, 0.2) is 24.5 Å². The van der Waals surface area contributed by atoms with Crippen molar-refractivity contribution in [3.8, 4) is 22.8 Å². The molecule has 3 N–H and O–H groups in total. The maximum atomic E-state index is 6.51. The topological polar surface area (TPSA) is 104 Å². The number of benzene rings is 1. The van der Waals surface area contributed by atoms with Crippen LogP contribution < -0.4 is 20.5 Å². The molecule has 3 heterocycles. The van der Waals surface area contributed by atoms with E-state index in [4.69, 9.17) is 43.1 Å². The number of rotatable bonds is 5. The molecule has 2 aromatic heterocycles. The van der Waals surface area contributed by atoms with Crippen LogP contribution in [0.2, 0.25) is 10.0 Å². The van der Waals surface area contributed by atoms with Gasteiger partial charge in [0, 0.05) is 35.9 Å². The molecule has 0 aliphatic carbocycles. The van der Waals surface area contributed by atoms with E-state index in [2.05, 4.69) is 20.3 Å². The first-order chi connectivity index (χ1) is 14.5. The average molecular weight is 450 g/mol. The lowest BCUT2D eigenvalue weighted by Gasteiger charge is -2.29. The molecule has 30 heavy (non-hydrogen) atoms. The Labute approximate surface area is 183 Å². The molecule has 1 aromatic carbocycles. The first kappa shape index (κ1) is 20.9. The highest BCUT2D eigenvalue weighted by Gasteiger charge is 2.23. The Morgan fingerprint density at radius 2 is 1.83 bits per heavy atom. The number of aromatic nitrogens is 3. The van der Waals surface area contributed by atoms with Gasteiger partial charge < -0.3 is 25.3 Å². The van der Waals surface area contributed by atoms with E-state index in [0.717, 1.165) is 11.8 Å². The summed E-state index contributed by atoms with van der Waals surface area (Å²) in [6.45, 7) is 1.19. The quantitative estimate of drug-likeness (QED) is 0.609. The van der Waals surface area contributed by atoms with E-state index < -0.39 is 0 Å². The number of fused-ring (bicyclic) bond motifs is 1. The summed E-state index contributed by atoms with van der Waals surface area (Å²) in [6.07, 6.45) is 4.15. The minimum atomic E-state index is -0.0368. The molecule has 3 aromatic rings. The standard InChI is InChI=1S/C20H21Cl2N5O3/c1-28-15-6-16(29-2)19(22)17(18(15)21)12-5-10-7-25-20(26-13(10)8-24-12)27-14-9-30-4-3-11(14)23/h5-8,11,14H,3-4,9,23H2,1-2H3,(H,25,26,27)/t11-,14+/m0/s1. The van der Waals surface area contributed by atoms with Gasteiger partial charge in [-0.3, -0.25) is 4.98 Å². The van der Waals surface area contributed by atoms with Crippen LogP contribution in [0.25, 0.3) is 22.2 Å². The van der Waals surface area contributed by atoms with Gasteiger partial charge in [0.15, 0.2) is 0 Å². The zero-order chi connectivity index (χ0) is 21.3. The minimum absolute atomic E-state index is 0.00845. The molecule has 1 saturated heterocycles. The summed E-state index contributed by atoms with van der Waals surface area (Å²) in [5, 5.41) is 4.72. The fraction of sp³-hybridized carbons (Fsp3) is 0.350. The Balaban J connectivity index is 1.70. The second-order valence-corrected chi connectivity index (χ2v) is 7.64. The lowest BCUT2D eigenvalue weighted by atomic mass is 10.1. The van der Waals surface area contributed by atoms with Gasteiger partial charge in [0.05, 0.1) is 54.3 Å². The van der Waals surface area contributed by atoms with Gasteiger partial charge in [0.2, 0.25) is 5.95 Å². The first-order valence-corrected chi connectivity index (χ1v) is 10.1. The molecule has 0 radical (unpaired) electrons. The summed E-state index contributed by atoms with van der Waals surface area (Å²) in [4.78, 5) is 13.5. The van der Waals surface area contributed by atoms with Crippen LogP contribution >= 0.6 is 23.2 Å². The van der Waals surface area contributed by atoms with E-state index in [0.29, 0.717) is 57.5 Å². The molecule has 0 amide bonds. The highest BCUT2D eigenvalue weighted by Crippen LogP contribution is 2.45. The molecule has 158 valence electrons. The second kappa shape index (κ2) is 8.77. The Bertz CT molecular complexity index is 1050. The number of nitrogens with zero attached hydrogens (tertiary/aromatic N) is 3. The normalized spacial score (nSPS) is 19.0. The number of ether oxygens (including phenoxy) is 3. The molecule has 0 unspecified atom stereocenters. The van der Waals surface area contributed by atoms with Crippen molar-refractivity contribution < 1.29 is 14.2 Å². The van der Waals surface area contributed by atoms with Gasteiger partial charge in [-0.1, -0.05) is 23.2 Å². The van der Waals surface area contributed by atoms with E-state index in [1.165, 1.54) is 14.2 Å². The smallest absolute Gasteiger partial charge is 0.223 e. The van der Waals surface area contributed by atoms with Gasteiger partial charge in [-0.2, -0.15) is 0 Å². The summed E-state index contributed by atoms with van der Waals surface area (Å²) in [7, 11) is 3.05. The van der Waals surface area contributed by atoms with E-state index >= 15 is 0 Å². The first-order valence-electron chi connectivity index (χ1n) is 9.34. The van der Waals surface area contributed by atoms with Crippen LogP contribution in [-0.4, -0.2) is 54.5 Å². The van der Waals surface area contributed by atoms with Crippen LogP contribution in [0, 0.1) is 0 Å². The molecule has 1 aliphatic heterocycles. The third kappa shape index (κ3) is 3.96. The molecule has 0 saturated carbocycles. The van der Waals surface area contributed by atoms with Gasteiger partial charge >= 0.3 is 0 Å². The molecule has 0 spiro atoms. The van der Waals surface area contributed by atoms with Crippen LogP contribution in [0.5, 0.6) is 11.5 Å². The highest BCUT2D eigenvalue weighted by molar-refractivity contribution is 6.41. The van der Waals surface area contributed by atoms with Crippen molar-refractivity contribution in [2.24, 2.45) is 5.73 Å². The van der Waals surface area contributed by atoms with E-state index in [-0.39, 0.29) is 12.1 Å².